The average molecular weight is 341 g/mol. The molecular formula is C20H23NO4. The summed E-state index contributed by atoms with van der Waals surface area (Å²) in [6.07, 6.45) is 8.88. The molecule has 0 aromatic heterocycles. The van der Waals surface area contributed by atoms with Crippen LogP contribution in [0.15, 0.2) is 66.0 Å². The van der Waals surface area contributed by atoms with Crippen molar-refractivity contribution >= 4 is 17.6 Å². The molecule has 25 heavy (non-hydrogen) atoms. The van der Waals surface area contributed by atoms with E-state index in [1.165, 1.54) is 13.2 Å². The van der Waals surface area contributed by atoms with Crippen molar-refractivity contribution < 1.29 is 19.1 Å². The highest BCUT2D eigenvalue weighted by Crippen LogP contribution is 2.23. The lowest BCUT2D eigenvalue weighted by Crippen LogP contribution is -2.33. The van der Waals surface area contributed by atoms with Crippen molar-refractivity contribution in [3.63, 3.8) is 0 Å². The van der Waals surface area contributed by atoms with Crippen molar-refractivity contribution in [3.8, 4) is 0 Å². The van der Waals surface area contributed by atoms with Gasteiger partial charge < -0.3 is 14.4 Å². The highest BCUT2D eigenvalue weighted by molar-refractivity contribution is 6.06. The fourth-order valence-corrected chi connectivity index (χ4v) is 2.56. The van der Waals surface area contributed by atoms with Crippen LogP contribution in [0.2, 0.25) is 0 Å². The fraction of sp³-hybridized carbons (Fsp3) is 0.300. The molecule has 0 fully saturated rings. The number of anilines is 1. The molecule has 0 radical (unpaired) electrons. The molecule has 2 rings (SSSR count). The number of para-hydroxylation sites is 1. The van der Waals surface area contributed by atoms with Gasteiger partial charge in [-0.3, -0.25) is 4.79 Å². The van der Waals surface area contributed by atoms with Crippen LogP contribution < -0.4 is 4.90 Å². The van der Waals surface area contributed by atoms with Crippen molar-refractivity contribution in [3.05, 3.63) is 66.0 Å². The van der Waals surface area contributed by atoms with Gasteiger partial charge in [-0.1, -0.05) is 24.3 Å². The first kappa shape index (κ1) is 18.5. The zero-order valence-electron chi connectivity index (χ0n) is 14.6. The number of nitrogens with zero attached hydrogens (tertiary/aromatic N) is 1. The number of carbonyl (C=O) groups excluding carboxylic acids is 2. The first-order chi connectivity index (χ1) is 12.2. The minimum absolute atomic E-state index is 0.0414. The summed E-state index contributed by atoms with van der Waals surface area (Å²) in [5, 5.41) is 0. The van der Waals surface area contributed by atoms with Gasteiger partial charge in [0.15, 0.2) is 0 Å². The molecule has 0 saturated heterocycles. The maximum Gasteiger partial charge on any atom is 0.330 e. The summed E-state index contributed by atoms with van der Waals surface area (Å²) in [5.74, 6) is 0.274. The zero-order valence-corrected chi connectivity index (χ0v) is 14.6. The summed E-state index contributed by atoms with van der Waals surface area (Å²) >= 11 is 0. The van der Waals surface area contributed by atoms with Crippen molar-refractivity contribution in [2.24, 2.45) is 0 Å². The Bertz CT molecular complexity index is 689. The van der Waals surface area contributed by atoms with Gasteiger partial charge in [0.1, 0.15) is 5.76 Å². The highest BCUT2D eigenvalue weighted by Gasteiger charge is 2.21. The van der Waals surface area contributed by atoms with Crippen LogP contribution in [0.1, 0.15) is 19.3 Å². The number of allylic oxidation sites excluding steroid dienone is 2. The second-order valence-corrected chi connectivity index (χ2v) is 5.53. The van der Waals surface area contributed by atoms with E-state index in [-0.39, 0.29) is 5.91 Å². The summed E-state index contributed by atoms with van der Waals surface area (Å²) < 4.78 is 9.82. The van der Waals surface area contributed by atoms with Crippen LogP contribution in [-0.2, 0) is 19.1 Å². The maximum atomic E-state index is 13.0. The molecule has 1 amide bonds. The number of methoxy groups -OCH3 is 2. The quantitative estimate of drug-likeness (QED) is 0.563. The molecule has 0 saturated carbocycles. The van der Waals surface area contributed by atoms with Gasteiger partial charge in [0.05, 0.1) is 14.2 Å². The Kier molecular flexibility index (Phi) is 7.01. The molecule has 0 spiro atoms. The Labute approximate surface area is 148 Å². The van der Waals surface area contributed by atoms with Crippen molar-refractivity contribution in [2.75, 3.05) is 25.7 Å². The van der Waals surface area contributed by atoms with E-state index in [4.69, 9.17) is 4.74 Å². The van der Waals surface area contributed by atoms with E-state index in [1.54, 1.807) is 24.2 Å². The molecule has 5 nitrogen and oxygen atoms in total. The van der Waals surface area contributed by atoms with Gasteiger partial charge in [-0.05, 0) is 43.5 Å². The second kappa shape index (κ2) is 9.47. The van der Waals surface area contributed by atoms with Crippen LogP contribution in [0.3, 0.4) is 0 Å². The lowest BCUT2D eigenvalue weighted by molar-refractivity contribution is -0.134. The van der Waals surface area contributed by atoms with Gasteiger partial charge in [0.2, 0.25) is 0 Å². The standard InChI is InChI=1S/C20H23NO4/c1-24-18-12-8-9-16(15-18)20(23)21(17-10-4-3-5-11-17)14-7-6-13-19(22)25-2/h3-6,10-13,15H,7-9,14H2,1-2H3/b13-6-. The van der Waals surface area contributed by atoms with Gasteiger partial charge in [-0.25, -0.2) is 4.79 Å². The number of rotatable bonds is 7. The Morgan fingerprint density at radius 1 is 1.20 bits per heavy atom. The predicted molar refractivity (Wildman–Crippen MR) is 97.0 cm³/mol. The van der Waals surface area contributed by atoms with Gasteiger partial charge >= 0.3 is 5.97 Å². The smallest absolute Gasteiger partial charge is 0.330 e. The number of hydrogen-bond acceptors (Lipinski definition) is 4. The summed E-state index contributed by atoms with van der Waals surface area (Å²) in [5.41, 5.74) is 1.55. The summed E-state index contributed by atoms with van der Waals surface area (Å²) in [4.78, 5) is 25.9. The van der Waals surface area contributed by atoms with Crippen LogP contribution >= 0.6 is 0 Å². The van der Waals surface area contributed by atoms with Crippen molar-refractivity contribution in [1.29, 1.82) is 0 Å². The third-order valence-corrected chi connectivity index (χ3v) is 3.87. The Balaban J connectivity index is 2.16. The number of hydrogen-bond donors (Lipinski definition) is 0. The summed E-state index contributed by atoms with van der Waals surface area (Å²) in [6, 6.07) is 9.51. The third kappa shape index (κ3) is 5.35. The van der Waals surface area contributed by atoms with Gasteiger partial charge in [0.25, 0.3) is 5.91 Å². The fourth-order valence-electron chi connectivity index (χ4n) is 2.56. The molecule has 0 unspecified atom stereocenters. The van der Waals surface area contributed by atoms with Crippen molar-refractivity contribution in [2.45, 2.75) is 19.3 Å². The lowest BCUT2D eigenvalue weighted by Gasteiger charge is -2.25. The summed E-state index contributed by atoms with van der Waals surface area (Å²) in [6.45, 7) is 0.472. The third-order valence-electron chi connectivity index (χ3n) is 3.87. The Morgan fingerprint density at radius 2 is 1.96 bits per heavy atom. The Hall–Kier alpha value is -2.82. The molecule has 0 heterocycles. The number of benzene rings is 1. The van der Waals surface area contributed by atoms with E-state index < -0.39 is 5.97 Å². The minimum Gasteiger partial charge on any atom is -0.497 e. The molecule has 0 aliphatic heterocycles. The molecule has 5 heteroatoms. The molecule has 132 valence electrons. The van der Waals surface area contributed by atoms with Gasteiger partial charge in [-0.2, -0.15) is 0 Å². The van der Waals surface area contributed by atoms with Crippen molar-refractivity contribution in [1.82, 2.24) is 0 Å². The van der Waals surface area contributed by atoms with E-state index in [1.807, 2.05) is 36.4 Å². The van der Waals surface area contributed by atoms with Gasteiger partial charge in [-0.15, -0.1) is 0 Å². The SMILES string of the molecule is COC(=O)/C=C\CCN(C(=O)C1=CC(OC)=CCC1)c1ccccc1. The molecule has 1 aliphatic rings. The molecular weight excluding hydrogens is 318 g/mol. The number of esters is 1. The molecule has 0 bridgehead atoms. The van der Waals surface area contributed by atoms with Crippen LogP contribution in [0, 0.1) is 0 Å². The summed E-state index contributed by atoms with van der Waals surface area (Å²) in [7, 11) is 2.94. The molecule has 1 aromatic rings. The topological polar surface area (TPSA) is 55.8 Å². The second-order valence-electron chi connectivity index (χ2n) is 5.53. The van der Waals surface area contributed by atoms with E-state index in [9.17, 15) is 9.59 Å². The van der Waals surface area contributed by atoms with Crippen LogP contribution in [0.5, 0.6) is 0 Å². The molecule has 0 atom stereocenters. The molecule has 0 N–H and O–H groups in total. The largest absolute Gasteiger partial charge is 0.497 e. The first-order valence-corrected chi connectivity index (χ1v) is 8.22. The van der Waals surface area contributed by atoms with E-state index >= 15 is 0 Å². The zero-order chi connectivity index (χ0) is 18.1. The van der Waals surface area contributed by atoms with E-state index in [0.717, 1.165) is 17.7 Å². The highest BCUT2D eigenvalue weighted by atomic mass is 16.5. The number of ether oxygens (including phenoxy) is 2. The van der Waals surface area contributed by atoms with E-state index in [0.29, 0.717) is 25.1 Å². The monoisotopic (exact) mass is 341 g/mol. The average Bonchev–Trinajstić information content (AvgIpc) is 2.68. The van der Waals surface area contributed by atoms with Crippen LogP contribution in [0.4, 0.5) is 5.69 Å². The lowest BCUT2D eigenvalue weighted by atomic mass is 10.0. The first-order valence-electron chi connectivity index (χ1n) is 8.22. The molecule has 1 aromatic carbocycles. The Morgan fingerprint density at radius 3 is 2.64 bits per heavy atom. The number of carbonyl (C=O) groups is 2. The normalized spacial score (nSPS) is 13.8. The predicted octanol–water partition coefficient (Wildman–Crippen LogP) is 3.39. The van der Waals surface area contributed by atoms with Crippen LogP contribution in [0.25, 0.3) is 0 Å². The van der Waals surface area contributed by atoms with Gasteiger partial charge in [0, 0.05) is 23.9 Å². The minimum atomic E-state index is -0.401. The van der Waals surface area contributed by atoms with Crippen LogP contribution in [-0.4, -0.2) is 32.6 Å². The van der Waals surface area contributed by atoms with E-state index in [2.05, 4.69) is 4.74 Å². The maximum absolute atomic E-state index is 13.0. The molecule has 1 aliphatic carbocycles. The number of amides is 1.